The Morgan fingerprint density at radius 3 is 1.40 bits per heavy atom. The number of hydrogen-bond donors (Lipinski definition) is 2. The summed E-state index contributed by atoms with van der Waals surface area (Å²) in [5, 5.41) is 20.0. The van der Waals surface area contributed by atoms with Crippen molar-refractivity contribution in [2.24, 2.45) is 0 Å². The predicted octanol–water partition coefficient (Wildman–Crippen LogP) is 10.6. The summed E-state index contributed by atoms with van der Waals surface area (Å²) in [6.45, 7) is 3.96. The van der Waals surface area contributed by atoms with E-state index in [9.17, 15) is 24.6 Å². The molecule has 6 aromatic rings. The maximum absolute atomic E-state index is 14.6. The van der Waals surface area contributed by atoms with Crippen molar-refractivity contribution in [2.45, 2.75) is 26.7 Å². The smallest absolute Gasteiger partial charge is 0.336 e. The molecule has 2 aromatic heterocycles. The van der Waals surface area contributed by atoms with Crippen molar-refractivity contribution in [1.29, 1.82) is 0 Å². The summed E-state index contributed by atoms with van der Waals surface area (Å²) in [5.41, 5.74) is 7.76. The third-order valence-electron chi connectivity index (χ3n) is 8.76. The quantitative estimate of drug-likeness (QED) is 0.122. The lowest BCUT2D eigenvalue weighted by Gasteiger charge is -2.15. The molecule has 9 heteroatoms. The molecule has 6 rings (SSSR count). The van der Waals surface area contributed by atoms with E-state index in [0.29, 0.717) is 45.1 Å². The van der Waals surface area contributed by atoms with Crippen LogP contribution in [0.3, 0.4) is 0 Å². The van der Waals surface area contributed by atoms with Gasteiger partial charge in [0.1, 0.15) is 0 Å². The van der Waals surface area contributed by atoms with Crippen LogP contribution in [0.4, 0.5) is 0 Å². The first kappa shape index (κ1) is 35.9. The van der Waals surface area contributed by atoms with Crippen LogP contribution >= 0.6 is 23.2 Å². The zero-order valence-electron chi connectivity index (χ0n) is 28.4. The van der Waals surface area contributed by atoms with Gasteiger partial charge in [-0.25, -0.2) is 9.59 Å². The third kappa shape index (κ3) is 7.86. The molecule has 0 radical (unpaired) electrons. The summed E-state index contributed by atoms with van der Waals surface area (Å²) in [5.74, 6) is -2.22. The molecule has 0 aliphatic carbocycles. The molecule has 0 amide bonds. The highest BCUT2D eigenvalue weighted by Crippen LogP contribution is 2.33. The Balaban J connectivity index is 1.32. The average Bonchev–Trinajstić information content (AvgIpc) is 3.79. The summed E-state index contributed by atoms with van der Waals surface area (Å²) in [6, 6.07) is 28.9. The van der Waals surface area contributed by atoms with Gasteiger partial charge in [0.2, 0.25) is 0 Å². The van der Waals surface area contributed by atoms with Crippen molar-refractivity contribution < 1.29 is 24.6 Å². The van der Waals surface area contributed by atoms with Crippen LogP contribution in [0, 0.1) is 13.8 Å². The SMILES string of the molecule is Cc1ccc(C(=O)c2ccc(C)cc2-c2cccn2C=CCc2ccc(Cl)cc2C(=O)O)c(-c2cccn2C=CCc2ccc(Cl)cc2C(=O)O)c1. The first-order valence-corrected chi connectivity index (χ1v) is 17.2. The van der Waals surface area contributed by atoms with E-state index >= 15 is 0 Å². The summed E-state index contributed by atoms with van der Waals surface area (Å²) >= 11 is 12.1. The number of aromatic carboxylic acids is 2. The number of benzene rings is 4. The van der Waals surface area contributed by atoms with Gasteiger partial charge in [-0.05, 0) is 98.5 Å². The zero-order chi connectivity index (χ0) is 36.9. The van der Waals surface area contributed by atoms with E-state index in [1.54, 1.807) is 24.3 Å². The molecule has 0 atom stereocenters. The summed E-state index contributed by atoms with van der Waals surface area (Å²) < 4.78 is 3.84. The topological polar surface area (TPSA) is 102 Å². The normalized spacial score (nSPS) is 11.5. The Hall–Kier alpha value is -5.89. The Bertz CT molecular complexity index is 2230. The van der Waals surface area contributed by atoms with Crippen molar-refractivity contribution in [3.05, 3.63) is 176 Å². The number of carboxylic acid groups (broad SMARTS) is 2. The number of allylic oxidation sites excluding steroid dienone is 2. The Labute approximate surface area is 311 Å². The van der Waals surface area contributed by atoms with E-state index in [1.807, 2.05) is 121 Å². The van der Waals surface area contributed by atoms with Gasteiger partial charge in [0.25, 0.3) is 0 Å². The van der Waals surface area contributed by atoms with Crippen molar-refractivity contribution in [3.63, 3.8) is 0 Å². The van der Waals surface area contributed by atoms with Gasteiger partial charge >= 0.3 is 11.9 Å². The Morgan fingerprint density at radius 2 is 1.00 bits per heavy atom. The van der Waals surface area contributed by atoms with E-state index < -0.39 is 11.9 Å². The number of halogens is 2. The highest BCUT2D eigenvalue weighted by Gasteiger charge is 2.21. The fourth-order valence-electron chi connectivity index (χ4n) is 6.22. The molecule has 4 aromatic carbocycles. The van der Waals surface area contributed by atoms with Gasteiger partial charge in [-0.15, -0.1) is 0 Å². The van der Waals surface area contributed by atoms with E-state index in [0.717, 1.165) is 33.6 Å². The molecule has 0 unspecified atom stereocenters. The second-order valence-electron chi connectivity index (χ2n) is 12.4. The van der Waals surface area contributed by atoms with Crippen molar-refractivity contribution >= 4 is 53.3 Å². The van der Waals surface area contributed by atoms with Crippen LogP contribution in [-0.2, 0) is 12.8 Å². The molecule has 0 bridgehead atoms. The highest BCUT2D eigenvalue weighted by molar-refractivity contribution is 6.31. The van der Waals surface area contributed by atoms with E-state index in [4.69, 9.17) is 23.2 Å². The predicted molar refractivity (Wildman–Crippen MR) is 208 cm³/mol. The van der Waals surface area contributed by atoms with Gasteiger partial charge in [0.15, 0.2) is 5.78 Å². The van der Waals surface area contributed by atoms with Gasteiger partial charge in [-0.2, -0.15) is 0 Å². The van der Waals surface area contributed by atoms with Crippen LogP contribution in [0.1, 0.15) is 58.9 Å². The first-order chi connectivity index (χ1) is 25.0. The molecule has 0 spiro atoms. The lowest BCUT2D eigenvalue weighted by Crippen LogP contribution is -2.08. The standard InChI is InChI=1S/C43H34Cl2N2O5/c1-27-11-17-33(37(23-27)39-9-5-21-46(39)19-3-7-29-13-15-31(44)25-35(29)42(49)50)41(48)34-18-12-28(2)24-38(34)40-10-6-22-47(40)20-4-8-30-14-16-32(45)26-36(30)43(51)52/h3-6,9-26H,7-8H2,1-2H3,(H,49,50)(H,51,52). The van der Waals surface area contributed by atoms with Gasteiger partial charge in [-0.3, -0.25) is 4.79 Å². The largest absolute Gasteiger partial charge is 0.478 e. The van der Waals surface area contributed by atoms with Crippen LogP contribution < -0.4 is 0 Å². The van der Waals surface area contributed by atoms with E-state index in [1.165, 1.54) is 12.1 Å². The Kier molecular flexibility index (Phi) is 10.7. The summed E-state index contributed by atoms with van der Waals surface area (Å²) in [6.07, 6.45) is 12.0. The van der Waals surface area contributed by atoms with Crippen LogP contribution in [0.2, 0.25) is 10.0 Å². The van der Waals surface area contributed by atoms with Gasteiger partial charge in [-0.1, -0.05) is 82.9 Å². The molecular formula is C43H34Cl2N2O5. The first-order valence-electron chi connectivity index (χ1n) is 16.5. The van der Waals surface area contributed by atoms with Crippen LogP contribution in [0.5, 0.6) is 0 Å². The van der Waals surface area contributed by atoms with Crippen molar-refractivity contribution in [2.75, 3.05) is 0 Å². The number of aryl methyl sites for hydroxylation is 2. The van der Waals surface area contributed by atoms with Crippen LogP contribution in [0.25, 0.3) is 34.9 Å². The van der Waals surface area contributed by atoms with Crippen LogP contribution in [0.15, 0.2) is 122 Å². The molecule has 0 aliphatic rings. The number of carbonyl (C=O) groups is 3. The molecular weight excluding hydrogens is 695 g/mol. The molecule has 7 nitrogen and oxygen atoms in total. The van der Waals surface area contributed by atoms with Crippen LogP contribution in [-0.4, -0.2) is 37.1 Å². The fourth-order valence-corrected chi connectivity index (χ4v) is 6.57. The lowest BCUT2D eigenvalue weighted by molar-refractivity contribution is 0.0685. The van der Waals surface area contributed by atoms with E-state index in [-0.39, 0.29) is 16.9 Å². The number of carboxylic acids is 2. The minimum atomic E-state index is -1.04. The van der Waals surface area contributed by atoms with Gasteiger partial charge in [0.05, 0.1) is 22.5 Å². The fraction of sp³-hybridized carbons (Fsp3) is 0.0930. The maximum atomic E-state index is 14.6. The molecule has 260 valence electrons. The maximum Gasteiger partial charge on any atom is 0.336 e. The Morgan fingerprint density at radius 1 is 0.577 bits per heavy atom. The number of aromatic nitrogens is 2. The minimum Gasteiger partial charge on any atom is -0.478 e. The lowest BCUT2D eigenvalue weighted by atomic mass is 9.91. The number of ketones is 1. The van der Waals surface area contributed by atoms with E-state index in [2.05, 4.69) is 0 Å². The monoisotopic (exact) mass is 728 g/mol. The minimum absolute atomic E-state index is 0.141. The molecule has 2 N–H and O–H groups in total. The molecule has 0 fully saturated rings. The second-order valence-corrected chi connectivity index (χ2v) is 13.3. The molecule has 0 saturated heterocycles. The van der Waals surface area contributed by atoms with Gasteiger partial charge in [0, 0.05) is 57.1 Å². The summed E-state index contributed by atoms with van der Waals surface area (Å²) in [4.78, 5) is 38.2. The molecule has 0 aliphatic heterocycles. The molecule has 2 heterocycles. The average molecular weight is 730 g/mol. The summed E-state index contributed by atoms with van der Waals surface area (Å²) in [7, 11) is 0. The second kappa shape index (κ2) is 15.6. The third-order valence-corrected chi connectivity index (χ3v) is 9.23. The zero-order valence-corrected chi connectivity index (χ0v) is 29.9. The number of hydrogen-bond acceptors (Lipinski definition) is 3. The number of rotatable bonds is 12. The number of nitrogens with zero attached hydrogens (tertiary/aromatic N) is 2. The molecule has 52 heavy (non-hydrogen) atoms. The number of carbonyl (C=O) groups excluding carboxylic acids is 1. The molecule has 0 saturated carbocycles. The van der Waals surface area contributed by atoms with Crippen molar-refractivity contribution in [3.8, 4) is 22.5 Å². The van der Waals surface area contributed by atoms with Crippen molar-refractivity contribution in [1.82, 2.24) is 9.13 Å². The highest BCUT2D eigenvalue weighted by atomic mass is 35.5. The van der Waals surface area contributed by atoms with Gasteiger partial charge < -0.3 is 19.3 Å².